The van der Waals surface area contributed by atoms with E-state index < -0.39 is 0 Å². The lowest BCUT2D eigenvalue weighted by Gasteiger charge is -2.11. The quantitative estimate of drug-likeness (QED) is 0.491. The van der Waals surface area contributed by atoms with Gasteiger partial charge in [-0.2, -0.15) is 0 Å². The van der Waals surface area contributed by atoms with E-state index in [1.807, 2.05) is 0 Å². The SMILES string of the molecule is C#CC(=O)N1CC[C@@H](OC)C1. The Balaban J connectivity index is 2.43. The molecule has 1 fully saturated rings. The minimum absolute atomic E-state index is 0.173. The number of rotatable bonds is 1. The number of methoxy groups -OCH3 is 1. The van der Waals surface area contributed by atoms with Crippen LogP contribution in [0.3, 0.4) is 0 Å². The van der Waals surface area contributed by atoms with Crippen LogP contribution >= 0.6 is 0 Å². The van der Waals surface area contributed by atoms with Crippen LogP contribution in [-0.2, 0) is 9.53 Å². The minimum Gasteiger partial charge on any atom is -0.380 e. The van der Waals surface area contributed by atoms with E-state index in [2.05, 4.69) is 5.92 Å². The van der Waals surface area contributed by atoms with Gasteiger partial charge >= 0.3 is 0 Å². The monoisotopic (exact) mass is 153 g/mol. The van der Waals surface area contributed by atoms with Crippen LogP contribution in [0.1, 0.15) is 6.42 Å². The van der Waals surface area contributed by atoms with Crippen molar-refractivity contribution in [2.75, 3.05) is 20.2 Å². The number of ether oxygens (including phenoxy) is 1. The summed E-state index contributed by atoms with van der Waals surface area (Å²) in [5, 5.41) is 0. The zero-order valence-electron chi connectivity index (χ0n) is 6.54. The van der Waals surface area contributed by atoms with Gasteiger partial charge in [-0.05, 0) is 12.3 Å². The Labute approximate surface area is 66.3 Å². The molecule has 0 aromatic rings. The molecule has 0 N–H and O–H groups in total. The fourth-order valence-electron chi connectivity index (χ4n) is 1.20. The predicted octanol–water partition coefficient (Wildman–Crippen LogP) is -0.133. The van der Waals surface area contributed by atoms with Gasteiger partial charge in [-0.1, -0.05) is 0 Å². The number of likely N-dealkylation sites (tertiary alicyclic amines) is 1. The first kappa shape index (κ1) is 8.09. The number of nitrogens with zero attached hydrogens (tertiary/aromatic N) is 1. The first-order valence-electron chi connectivity index (χ1n) is 3.56. The van der Waals surface area contributed by atoms with Crippen molar-refractivity contribution >= 4 is 5.91 Å². The molecule has 0 aromatic carbocycles. The number of terminal acetylenes is 1. The Hall–Kier alpha value is -1.01. The molecule has 1 heterocycles. The maximum atomic E-state index is 10.9. The van der Waals surface area contributed by atoms with E-state index in [-0.39, 0.29) is 12.0 Å². The maximum Gasteiger partial charge on any atom is 0.298 e. The molecule has 3 heteroatoms. The van der Waals surface area contributed by atoms with Gasteiger partial charge in [0, 0.05) is 20.2 Å². The van der Waals surface area contributed by atoms with E-state index in [4.69, 9.17) is 11.2 Å². The zero-order valence-corrected chi connectivity index (χ0v) is 6.54. The summed E-state index contributed by atoms with van der Waals surface area (Å²) in [6, 6.07) is 0. The number of carbonyl (C=O) groups is 1. The second-order valence-electron chi connectivity index (χ2n) is 2.54. The second-order valence-corrected chi connectivity index (χ2v) is 2.54. The fourth-order valence-corrected chi connectivity index (χ4v) is 1.20. The van der Waals surface area contributed by atoms with E-state index in [1.54, 1.807) is 12.0 Å². The summed E-state index contributed by atoms with van der Waals surface area (Å²) in [5.41, 5.74) is 0. The topological polar surface area (TPSA) is 29.5 Å². The van der Waals surface area contributed by atoms with Gasteiger partial charge in [-0.3, -0.25) is 4.79 Å². The van der Waals surface area contributed by atoms with Crippen molar-refractivity contribution < 1.29 is 9.53 Å². The van der Waals surface area contributed by atoms with Crippen molar-refractivity contribution in [3.63, 3.8) is 0 Å². The van der Waals surface area contributed by atoms with Crippen LogP contribution in [0, 0.1) is 12.3 Å². The van der Waals surface area contributed by atoms with Crippen LogP contribution in [0.4, 0.5) is 0 Å². The van der Waals surface area contributed by atoms with Crippen molar-refractivity contribution in [3.05, 3.63) is 0 Å². The van der Waals surface area contributed by atoms with Gasteiger partial charge in [-0.15, -0.1) is 6.42 Å². The predicted molar refractivity (Wildman–Crippen MR) is 40.8 cm³/mol. The third-order valence-corrected chi connectivity index (χ3v) is 1.89. The smallest absolute Gasteiger partial charge is 0.298 e. The van der Waals surface area contributed by atoms with Gasteiger partial charge in [0.15, 0.2) is 0 Å². The van der Waals surface area contributed by atoms with Gasteiger partial charge in [0.25, 0.3) is 5.91 Å². The molecule has 0 radical (unpaired) electrons. The first-order valence-corrected chi connectivity index (χ1v) is 3.56. The molecule has 1 saturated heterocycles. The molecule has 0 saturated carbocycles. The van der Waals surface area contributed by atoms with Crippen molar-refractivity contribution in [2.24, 2.45) is 0 Å². The van der Waals surface area contributed by atoms with Crippen LogP contribution in [-0.4, -0.2) is 37.1 Å². The number of carbonyl (C=O) groups excluding carboxylic acids is 1. The van der Waals surface area contributed by atoms with Gasteiger partial charge in [0.1, 0.15) is 0 Å². The summed E-state index contributed by atoms with van der Waals surface area (Å²) < 4.78 is 5.07. The molecule has 1 amide bonds. The highest BCUT2D eigenvalue weighted by molar-refractivity contribution is 5.93. The summed E-state index contributed by atoms with van der Waals surface area (Å²) in [4.78, 5) is 12.5. The highest BCUT2D eigenvalue weighted by Gasteiger charge is 2.24. The van der Waals surface area contributed by atoms with E-state index in [0.29, 0.717) is 6.54 Å². The third-order valence-electron chi connectivity index (χ3n) is 1.89. The largest absolute Gasteiger partial charge is 0.380 e. The van der Waals surface area contributed by atoms with Crippen molar-refractivity contribution in [3.8, 4) is 12.3 Å². The molecule has 1 aliphatic rings. The molecule has 1 aliphatic heterocycles. The lowest BCUT2D eigenvalue weighted by atomic mass is 10.3. The van der Waals surface area contributed by atoms with Gasteiger partial charge in [0.2, 0.25) is 0 Å². The molecular formula is C8H11NO2. The molecule has 1 atom stereocenters. The molecule has 0 bridgehead atoms. The van der Waals surface area contributed by atoms with E-state index >= 15 is 0 Å². The molecule has 0 aliphatic carbocycles. The van der Waals surface area contributed by atoms with E-state index in [9.17, 15) is 4.79 Å². The van der Waals surface area contributed by atoms with Crippen molar-refractivity contribution in [1.82, 2.24) is 4.90 Å². The number of hydrogen-bond donors (Lipinski definition) is 0. The van der Waals surface area contributed by atoms with Gasteiger partial charge in [0.05, 0.1) is 6.10 Å². The average molecular weight is 153 g/mol. The van der Waals surface area contributed by atoms with Gasteiger partial charge in [-0.25, -0.2) is 0 Å². The van der Waals surface area contributed by atoms with Crippen LogP contribution in [0.15, 0.2) is 0 Å². The summed E-state index contributed by atoms with van der Waals surface area (Å²) in [6.07, 6.45) is 6.02. The molecule has 1 rings (SSSR count). The average Bonchev–Trinajstić information content (AvgIpc) is 2.50. The maximum absolute atomic E-state index is 10.9. The lowest BCUT2D eigenvalue weighted by molar-refractivity contribution is -0.124. The Kier molecular flexibility index (Phi) is 2.50. The second kappa shape index (κ2) is 3.40. The third kappa shape index (κ3) is 1.72. The molecule has 0 unspecified atom stereocenters. The molecule has 60 valence electrons. The van der Waals surface area contributed by atoms with Gasteiger partial charge < -0.3 is 9.64 Å². The Bertz CT molecular complexity index is 195. The van der Waals surface area contributed by atoms with Crippen molar-refractivity contribution in [1.29, 1.82) is 0 Å². The molecule has 11 heavy (non-hydrogen) atoms. The Morgan fingerprint density at radius 2 is 2.55 bits per heavy atom. The summed E-state index contributed by atoms with van der Waals surface area (Å²) >= 11 is 0. The number of amides is 1. The summed E-state index contributed by atoms with van der Waals surface area (Å²) in [7, 11) is 1.65. The van der Waals surface area contributed by atoms with Crippen LogP contribution in [0.25, 0.3) is 0 Å². The van der Waals surface area contributed by atoms with Crippen LogP contribution < -0.4 is 0 Å². The highest BCUT2D eigenvalue weighted by atomic mass is 16.5. The van der Waals surface area contributed by atoms with E-state index in [0.717, 1.165) is 13.0 Å². The molecular weight excluding hydrogens is 142 g/mol. The Morgan fingerprint density at radius 1 is 1.82 bits per heavy atom. The standard InChI is InChI=1S/C8H11NO2/c1-3-8(10)9-5-4-7(6-9)11-2/h1,7H,4-6H2,2H3/t7-/m1/s1. The molecule has 0 spiro atoms. The molecule has 3 nitrogen and oxygen atoms in total. The molecule has 0 aromatic heterocycles. The lowest BCUT2D eigenvalue weighted by Crippen LogP contribution is -2.28. The van der Waals surface area contributed by atoms with Crippen molar-refractivity contribution in [2.45, 2.75) is 12.5 Å². The number of hydrogen-bond acceptors (Lipinski definition) is 2. The Morgan fingerprint density at radius 3 is 3.00 bits per heavy atom. The van der Waals surface area contributed by atoms with E-state index in [1.165, 1.54) is 0 Å². The normalized spacial score (nSPS) is 23.3. The highest BCUT2D eigenvalue weighted by Crippen LogP contribution is 2.10. The summed E-state index contributed by atoms with van der Waals surface area (Å²) in [6.45, 7) is 1.36. The zero-order chi connectivity index (χ0) is 8.27. The summed E-state index contributed by atoms with van der Waals surface area (Å²) in [5.74, 6) is 1.85. The fraction of sp³-hybridized carbons (Fsp3) is 0.625. The van der Waals surface area contributed by atoms with Crippen LogP contribution in [0.5, 0.6) is 0 Å². The van der Waals surface area contributed by atoms with Crippen LogP contribution in [0.2, 0.25) is 0 Å². The first-order chi connectivity index (χ1) is 5.27. The minimum atomic E-state index is -0.232.